The quantitative estimate of drug-likeness (QED) is 0.0850. The summed E-state index contributed by atoms with van der Waals surface area (Å²) in [6.45, 7) is 3.25. The van der Waals surface area contributed by atoms with Crippen LogP contribution in [0.3, 0.4) is 0 Å². The van der Waals surface area contributed by atoms with Crippen molar-refractivity contribution in [1.29, 1.82) is 0 Å². The largest absolute Gasteiger partial charge is 0.478 e. The average Bonchev–Trinajstić information content (AvgIpc) is 3.09. The molecule has 0 aromatic heterocycles. The summed E-state index contributed by atoms with van der Waals surface area (Å²) >= 11 is 0. The number of carbonyl (C=O) groups excluding carboxylic acids is 2. The fourth-order valence-electron chi connectivity index (χ4n) is 4.65. The monoisotopic (exact) mass is 648 g/mol. The maximum atomic E-state index is 12.9. The van der Waals surface area contributed by atoms with Crippen LogP contribution in [-0.2, 0) is 9.59 Å². The van der Waals surface area contributed by atoms with Gasteiger partial charge in [-0.1, -0.05) is 84.9 Å². The number of hydrogen-bond acceptors (Lipinski definition) is 6. The van der Waals surface area contributed by atoms with Gasteiger partial charge < -0.3 is 30.3 Å². The van der Waals surface area contributed by atoms with Gasteiger partial charge in [-0.25, -0.2) is 19.2 Å². The molecule has 4 rings (SSSR count). The van der Waals surface area contributed by atoms with Crippen molar-refractivity contribution in [1.82, 2.24) is 10.6 Å². The standard InChI is InChI=1S/C38H36N2O8/c1-25(35(41)42)11-9-21-39-37(45)47-33-19-17-29(27-13-5-3-6-14-27)23-31(33)32-24-30(28-15-7-4-8-16-28)18-20-34(32)48-38(46)40-22-10-12-26(2)36(43)44/h3-8,11-20,23-24H,9-10,21-22H2,1-2H3,(H,39,45)(H,40,46)(H,41,42)(H,43,44). The lowest BCUT2D eigenvalue weighted by atomic mass is 9.94. The molecule has 0 saturated heterocycles. The van der Waals surface area contributed by atoms with Crippen LogP contribution in [0, 0.1) is 0 Å². The zero-order valence-corrected chi connectivity index (χ0v) is 26.6. The molecule has 246 valence electrons. The Labute approximate surface area is 278 Å². The first kappa shape index (κ1) is 34.7. The summed E-state index contributed by atoms with van der Waals surface area (Å²) in [7, 11) is 0. The fraction of sp³-hybridized carbons (Fsp3) is 0.158. The van der Waals surface area contributed by atoms with Crippen LogP contribution in [0.4, 0.5) is 9.59 Å². The van der Waals surface area contributed by atoms with E-state index in [0.717, 1.165) is 22.3 Å². The predicted molar refractivity (Wildman–Crippen MR) is 183 cm³/mol. The summed E-state index contributed by atoms with van der Waals surface area (Å²) in [5.41, 5.74) is 4.79. The van der Waals surface area contributed by atoms with Gasteiger partial charge in [0.25, 0.3) is 0 Å². The molecule has 4 N–H and O–H groups in total. The number of carbonyl (C=O) groups is 4. The first-order chi connectivity index (χ1) is 23.1. The summed E-state index contributed by atoms with van der Waals surface area (Å²) < 4.78 is 11.5. The molecule has 0 atom stereocenters. The van der Waals surface area contributed by atoms with E-state index < -0.39 is 24.1 Å². The number of nitrogens with one attached hydrogen (secondary N) is 2. The molecule has 0 fully saturated rings. The van der Waals surface area contributed by atoms with Gasteiger partial charge >= 0.3 is 24.1 Å². The van der Waals surface area contributed by atoms with Gasteiger partial charge in [-0.2, -0.15) is 0 Å². The van der Waals surface area contributed by atoms with Crippen LogP contribution in [0.15, 0.2) is 120 Å². The van der Waals surface area contributed by atoms with Crippen LogP contribution in [0.25, 0.3) is 33.4 Å². The summed E-state index contributed by atoms with van der Waals surface area (Å²) in [4.78, 5) is 47.9. The van der Waals surface area contributed by atoms with Crippen LogP contribution in [0.5, 0.6) is 11.5 Å². The molecule has 0 unspecified atom stereocenters. The molecule has 0 radical (unpaired) electrons. The van der Waals surface area contributed by atoms with Crippen LogP contribution >= 0.6 is 0 Å². The van der Waals surface area contributed by atoms with E-state index in [2.05, 4.69) is 10.6 Å². The van der Waals surface area contributed by atoms with Crippen molar-refractivity contribution >= 4 is 24.1 Å². The van der Waals surface area contributed by atoms with Gasteiger partial charge in [0.2, 0.25) is 0 Å². The van der Waals surface area contributed by atoms with Gasteiger partial charge in [-0.05, 0) is 73.2 Å². The topological polar surface area (TPSA) is 151 Å². The minimum atomic E-state index is -1.03. The Bertz CT molecular complexity index is 1700. The van der Waals surface area contributed by atoms with Gasteiger partial charge in [-0.3, -0.25) is 0 Å². The van der Waals surface area contributed by atoms with Gasteiger partial charge in [0.1, 0.15) is 11.5 Å². The average molecular weight is 649 g/mol. The minimum absolute atomic E-state index is 0.153. The van der Waals surface area contributed by atoms with E-state index >= 15 is 0 Å². The summed E-state index contributed by atoms with van der Waals surface area (Å²) in [5.74, 6) is -1.66. The van der Waals surface area contributed by atoms with Crippen LogP contribution in [-0.4, -0.2) is 47.4 Å². The number of ether oxygens (including phenoxy) is 2. The summed E-state index contributed by atoms with van der Waals surface area (Å²) in [5, 5.41) is 23.4. The lowest BCUT2D eigenvalue weighted by molar-refractivity contribution is -0.133. The molecule has 0 aliphatic carbocycles. The van der Waals surface area contributed by atoms with Crippen molar-refractivity contribution in [3.8, 4) is 44.9 Å². The molecule has 0 heterocycles. The van der Waals surface area contributed by atoms with Crippen molar-refractivity contribution in [3.05, 3.63) is 120 Å². The van der Waals surface area contributed by atoms with Gasteiger partial charge in [-0.15, -0.1) is 0 Å². The number of rotatable bonds is 13. The summed E-state index contributed by atoms with van der Waals surface area (Å²) in [6, 6.07) is 29.9. The normalized spacial score (nSPS) is 11.4. The maximum Gasteiger partial charge on any atom is 0.412 e. The lowest BCUT2D eigenvalue weighted by Gasteiger charge is -2.17. The molecule has 10 heteroatoms. The number of amides is 2. The molecule has 4 aromatic rings. The fourth-order valence-corrected chi connectivity index (χ4v) is 4.65. The van der Waals surface area contributed by atoms with E-state index in [9.17, 15) is 19.2 Å². The van der Waals surface area contributed by atoms with E-state index in [1.165, 1.54) is 26.0 Å². The number of carboxylic acid groups (broad SMARTS) is 2. The van der Waals surface area contributed by atoms with Crippen molar-refractivity contribution in [2.45, 2.75) is 26.7 Å². The number of carboxylic acids is 2. The van der Waals surface area contributed by atoms with E-state index in [1.807, 2.05) is 84.9 Å². The van der Waals surface area contributed by atoms with Crippen molar-refractivity contribution < 1.29 is 38.9 Å². The Morgan fingerprint density at radius 3 is 1.29 bits per heavy atom. The minimum Gasteiger partial charge on any atom is -0.478 e. The van der Waals surface area contributed by atoms with Crippen LogP contribution in [0.1, 0.15) is 26.7 Å². The van der Waals surface area contributed by atoms with E-state index in [4.69, 9.17) is 19.7 Å². The SMILES string of the molecule is CC(=CCCNC(=O)Oc1ccc(-c2ccccc2)cc1-c1cc(-c2ccccc2)ccc1OC(=O)NCCC=C(C)C(=O)O)C(=O)O. The van der Waals surface area contributed by atoms with Gasteiger partial charge in [0, 0.05) is 35.4 Å². The third-order valence-electron chi connectivity index (χ3n) is 7.27. The predicted octanol–water partition coefficient (Wildman–Crippen LogP) is 7.71. The molecule has 0 aliphatic heterocycles. The molecule has 0 bridgehead atoms. The third kappa shape index (κ3) is 9.92. The lowest BCUT2D eigenvalue weighted by Crippen LogP contribution is -2.28. The Morgan fingerprint density at radius 2 is 0.938 bits per heavy atom. The van der Waals surface area contributed by atoms with E-state index in [-0.39, 0.29) is 35.7 Å². The molecule has 0 aliphatic rings. The van der Waals surface area contributed by atoms with Crippen molar-refractivity contribution in [2.75, 3.05) is 13.1 Å². The Morgan fingerprint density at radius 1 is 0.562 bits per heavy atom. The zero-order chi connectivity index (χ0) is 34.5. The molecule has 48 heavy (non-hydrogen) atoms. The van der Waals surface area contributed by atoms with Crippen LogP contribution in [0.2, 0.25) is 0 Å². The van der Waals surface area contributed by atoms with Gasteiger partial charge in [0.15, 0.2) is 0 Å². The molecule has 0 spiro atoms. The first-order valence-electron chi connectivity index (χ1n) is 15.2. The highest BCUT2D eigenvalue weighted by molar-refractivity contribution is 5.88. The highest BCUT2D eigenvalue weighted by Gasteiger charge is 2.19. The zero-order valence-electron chi connectivity index (χ0n) is 26.6. The second-order valence-electron chi connectivity index (χ2n) is 10.7. The number of benzene rings is 4. The maximum absolute atomic E-state index is 12.9. The highest BCUT2D eigenvalue weighted by atomic mass is 16.6. The Kier molecular flexibility index (Phi) is 12.3. The molecule has 0 saturated carbocycles. The number of hydrogen-bond donors (Lipinski definition) is 4. The smallest absolute Gasteiger partial charge is 0.412 e. The summed E-state index contributed by atoms with van der Waals surface area (Å²) in [6.07, 6.45) is 2.13. The van der Waals surface area contributed by atoms with Crippen molar-refractivity contribution in [3.63, 3.8) is 0 Å². The second kappa shape index (κ2) is 17.0. The Balaban J connectivity index is 1.70. The molecular formula is C38H36N2O8. The third-order valence-corrected chi connectivity index (χ3v) is 7.27. The second-order valence-corrected chi connectivity index (χ2v) is 10.7. The van der Waals surface area contributed by atoms with E-state index in [0.29, 0.717) is 24.0 Å². The van der Waals surface area contributed by atoms with Crippen LogP contribution < -0.4 is 20.1 Å². The molecule has 4 aromatic carbocycles. The first-order valence-corrected chi connectivity index (χ1v) is 15.2. The van der Waals surface area contributed by atoms with E-state index in [1.54, 1.807) is 12.1 Å². The Hall–Kier alpha value is -6.16. The van der Waals surface area contributed by atoms with Gasteiger partial charge in [0.05, 0.1) is 0 Å². The van der Waals surface area contributed by atoms with Crippen molar-refractivity contribution in [2.24, 2.45) is 0 Å². The number of aliphatic carboxylic acids is 2. The molecular weight excluding hydrogens is 612 g/mol. The highest BCUT2D eigenvalue weighted by Crippen LogP contribution is 2.41. The molecule has 10 nitrogen and oxygen atoms in total. The molecule has 2 amide bonds.